The number of hydrogen-bond acceptors (Lipinski definition) is 2. The lowest BCUT2D eigenvalue weighted by molar-refractivity contribution is -0.130. The van der Waals surface area contributed by atoms with Crippen LogP contribution < -0.4 is 0 Å². The Morgan fingerprint density at radius 3 is 2.38 bits per heavy atom. The average molecular weight is 349 g/mol. The van der Waals surface area contributed by atoms with E-state index in [4.69, 9.17) is 4.98 Å². The van der Waals surface area contributed by atoms with E-state index in [0.717, 1.165) is 48.5 Å². The van der Waals surface area contributed by atoms with E-state index >= 15 is 0 Å². The average Bonchev–Trinajstić information content (AvgIpc) is 3.01. The summed E-state index contributed by atoms with van der Waals surface area (Å²) in [6.45, 7) is 7.92. The fourth-order valence-corrected chi connectivity index (χ4v) is 3.31. The van der Waals surface area contributed by atoms with Crippen molar-refractivity contribution in [1.82, 2.24) is 14.3 Å². The Morgan fingerprint density at radius 1 is 1.04 bits per heavy atom. The van der Waals surface area contributed by atoms with E-state index in [1.165, 1.54) is 5.56 Å². The summed E-state index contributed by atoms with van der Waals surface area (Å²) in [5.41, 5.74) is 5.01. The fourth-order valence-electron chi connectivity index (χ4n) is 3.31. The van der Waals surface area contributed by atoms with Gasteiger partial charge in [-0.3, -0.25) is 4.79 Å². The van der Waals surface area contributed by atoms with Crippen molar-refractivity contribution in [3.8, 4) is 11.3 Å². The molecule has 2 aromatic heterocycles. The highest BCUT2D eigenvalue weighted by atomic mass is 16.2. The molecule has 0 bridgehead atoms. The highest BCUT2D eigenvalue weighted by Gasteiger charge is 2.20. The number of benzene rings is 1. The van der Waals surface area contributed by atoms with Crippen LogP contribution in [0.4, 0.5) is 0 Å². The maximum atomic E-state index is 13.0. The number of nitrogens with zero attached hydrogens (tertiary/aromatic N) is 3. The van der Waals surface area contributed by atoms with Crippen LogP contribution in [-0.4, -0.2) is 33.3 Å². The minimum absolute atomic E-state index is 0.174. The van der Waals surface area contributed by atoms with E-state index in [1.807, 2.05) is 33.7 Å². The minimum Gasteiger partial charge on any atom is -0.342 e. The van der Waals surface area contributed by atoms with Crippen LogP contribution in [0.3, 0.4) is 0 Å². The summed E-state index contributed by atoms with van der Waals surface area (Å²) < 4.78 is 2.04. The lowest BCUT2D eigenvalue weighted by Gasteiger charge is -2.21. The molecule has 0 aliphatic heterocycles. The van der Waals surface area contributed by atoms with E-state index in [2.05, 4.69) is 45.0 Å². The van der Waals surface area contributed by atoms with E-state index < -0.39 is 0 Å². The molecule has 0 saturated carbocycles. The first kappa shape index (κ1) is 18.2. The second-order valence-electron chi connectivity index (χ2n) is 6.76. The number of aryl methyl sites for hydroxylation is 1. The summed E-state index contributed by atoms with van der Waals surface area (Å²) in [6.07, 6.45) is 4.31. The van der Waals surface area contributed by atoms with Crippen molar-refractivity contribution in [1.29, 1.82) is 0 Å². The zero-order chi connectivity index (χ0) is 18.5. The Kier molecular flexibility index (Phi) is 5.71. The highest BCUT2D eigenvalue weighted by Crippen LogP contribution is 2.25. The Hall–Kier alpha value is -2.62. The van der Waals surface area contributed by atoms with Crippen LogP contribution >= 0.6 is 0 Å². The second-order valence-corrected chi connectivity index (χ2v) is 6.76. The summed E-state index contributed by atoms with van der Waals surface area (Å²) in [5.74, 6) is 0.174. The lowest BCUT2D eigenvalue weighted by Crippen LogP contribution is -2.34. The summed E-state index contributed by atoms with van der Waals surface area (Å²) in [6, 6.07) is 14.3. The third-order valence-corrected chi connectivity index (χ3v) is 4.61. The molecule has 4 heteroatoms. The van der Waals surface area contributed by atoms with Crippen LogP contribution in [0.1, 0.15) is 37.9 Å². The van der Waals surface area contributed by atoms with E-state index in [9.17, 15) is 4.79 Å². The van der Waals surface area contributed by atoms with Crippen LogP contribution in [0.5, 0.6) is 0 Å². The number of hydrogen-bond donors (Lipinski definition) is 0. The molecule has 0 radical (unpaired) electrons. The minimum atomic E-state index is 0.174. The number of rotatable bonds is 7. The van der Waals surface area contributed by atoms with Gasteiger partial charge in [0, 0.05) is 24.8 Å². The number of carbonyl (C=O) groups excluding carboxylic acids is 1. The van der Waals surface area contributed by atoms with Crippen molar-refractivity contribution >= 4 is 11.6 Å². The molecule has 2 heterocycles. The maximum absolute atomic E-state index is 13.0. The van der Waals surface area contributed by atoms with Crippen molar-refractivity contribution < 1.29 is 4.79 Å². The van der Waals surface area contributed by atoms with Crippen LogP contribution in [0.25, 0.3) is 16.9 Å². The normalized spacial score (nSPS) is 11.0. The molecule has 4 nitrogen and oxygen atoms in total. The van der Waals surface area contributed by atoms with Gasteiger partial charge in [-0.05, 0) is 31.9 Å². The van der Waals surface area contributed by atoms with E-state index in [0.29, 0.717) is 6.42 Å². The summed E-state index contributed by atoms with van der Waals surface area (Å²) >= 11 is 0. The molecule has 0 saturated heterocycles. The quantitative estimate of drug-likeness (QED) is 0.630. The third kappa shape index (κ3) is 3.79. The molecule has 0 spiro atoms. The second kappa shape index (κ2) is 8.17. The predicted molar refractivity (Wildman–Crippen MR) is 106 cm³/mol. The van der Waals surface area contributed by atoms with Gasteiger partial charge in [0.05, 0.1) is 17.8 Å². The zero-order valence-electron chi connectivity index (χ0n) is 15.9. The molecule has 136 valence electrons. The van der Waals surface area contributed by atoms with Gasteiger partial charge < -0.3 is 9.30 Å². The van der Waals surface area contributed by atoms with Gasteiger partial charge in [0.25, 0.3) is 0 Å². The standard InChI is InChI=1S/C22H27N3O/c1-4-13-24(14-5-2)21(26)16-19-22(18-11-9-17(3)10-12-18)23-20-8-6-7-15-25(19)20/h6-12,15H,4-5,13-14,16H2,1-3H3. The number of aromatic nitrogens is 2. The van der Waals surface area contributed by atoms with Gasteiger partial charge in [-0.25, -0.2) is 4.98 Å². The Balaban J connectivity index is 2.01. The molecule has 3 rings (SSSR count). The summed E-state index contributed by atoms with van der Waals surface area (Å²) in [5, 5.41) is 0. The van der Waals surface area contributed by atoms with Gasteiger partial charge in [-0.2, -0.15) is 0 Å². The number of fused-ring (bicyclic) bond motifs is 1. The molecular weight excluding hydrogens is 322 g/mol. The molecule has 26 heavy (non-hydrogen) atoms. The van der Waals surface area contributed by atoms with Crippen molar-refractivity contribution in [2.45, 2.75) is 40.0 Å². The topological polar surface area (TPSA) is 37.6 Å². The monoisotopic (exact) mass is 349 g/mol. The van der Waals surface area contributed by atoms with Gasteiger partial charge in [-0.1, -0.05) is 49.7 Å². The zero-order valence-corrected chi connectivity index (χ0v) is 15.9. The summed E-state index contributed by atoms with van der Waals surface area (Å²) in [4.78, 5) is 19.7. The molecule has 1 amide bonds. The van der Waals surface area contributed by atoms with Crippen molar-refractivity contribution in [3.05, 3.63) is 59.9 Å². The predicted octanol–water partition coefficient (Wildman–Crippen LogP) is 4.50. The molecule has 0 N–H and O–H groups in total. The molecule has 0 atom stereocenters. The van der Waals surface area contributed by atoms with Crippen molar-refractivity contribution in [2.24, 2.45) is 0 Å². The van der Waals surface area contributed by atoms with E-state index in [1.54, 1.807) is 0 Å². The molecule has 1 aromatic carbocycles. The lowest BCUT2D eigenvalue weighted by atomic mass is 10.1. The third-order valence-electron chi connectivity index (χ3n) is 4.61. The molecule has 0 aliphatic carbocycles. The van der Waals surface area contributed by atoms with Gasteiger partial charge in [-0.15, -0.1) is 0 Å². The van der Waals surface area contributed by atoms with Crippen LogP contribution in [0.15, 0.2) is 48.7 Å². The van der Waals surface area contributed by atoms with Crippen LogP contribution in [-0.2, 0) is 11.2 Å². The molecule has 0 fully saturated rings. The maximum Gasteiger partial charge on any atom is 0.228 e. The SMILES string of the molecule is CCCN(CCC)C(=O)Cc1c(-c2ccc(C)cc2)nc2ccccn12. The summed E-state index contributed by atoms with van der Waals surface area (Å²) in [7, 11) is 0. The molecule has 0 unspecified atom stereocenters. The first-order valence-electron chi connectivity index (χ1n) is 9.44. The largest absolute Gasteiger partial charge is 0.342 e. The first-order chi connectivity index (χ1) is 12.6. The van der Waals surface area contributed by atoms with Crippen LogP contribution in [0, 0.1) is 6.92 Å². The Bertz CT molecular complexity index is 874. The molecule has 3 aromatic rings. The molecular formula is C22H27N3O. The van der Waals surface area contributed by atoms with Crippen molar-refractivity contribution in [3.63, 3.8) is 0 Å². The number of pyridine rings is 1. The van der Waals surface area contributed by atoms with Gasteiger partial charge in [0.15, 0.2) is 0 Å². The van der Waals surface area contributed by atoms with Gasteiger partial charge >= 0.3 is 0 Å². The Morgan fingerprint density at radius 2 is 1.73 bits per heavy atom. The van der Waals surface area contributed by atoms with Gasteiger partial charge in [0.2, 0.25) is 5.91 Å². The first-order valence-corrected chi connectivity index (χ1v) is 9.44. The smallest absolute Gasteiger partial charge is 0.228 e. The van der Waals surface area contributed by atoms with E-state index in [-0.39, 0.29) is 5.91 Å². The number of amides is 1. The van der Waals surface area contributed by atoms with Crippen LogP contribution in [0.2, 0.25) is 0 Å². The van der Waals surface area contributed by atoms with Crippen molar-refractivity contribution in [2.75, 3.05) is 13.1 Å². The fraction of sp³-hybridized carbons (Fsp3) is 0.364. The Labute approximate surface area is 155 Å². The highest BCUT2D eigenvalue weighted by molar-refractivity contribution is 5.81. The number of carbonyl (C=O) groups is 1. The number of imidazole rings is 1. The molecule has 0 aliphatic rings. The van der Waals surface area contributed by atoms with Gasteiger partial charge in [0.1, 0.15) is 5.65 Å².